The Morgan fingerprint density at radius 3 is 2.97 bits per heavy atom. The van der Waals surface area contributed by atoms with Crippen LogP contribution in [0, 0.1) is 11.3 Å². The van der Waals surface area contributed by atoms with Crippen LogP contribution in [0.1, 0.15) is 49.3 Å². The molecule has 0 N–H and O–H groups in total. The minimum absolute atomic E-state index is 0.0771. The summed E-state index contributed by atoms with van der Waals surface area (Å²) in [6, 6.07) is 11.8. The van der Waals surface area contributed by atoms with E-state index in [1.165, 1.54) is 0 Å². The first-order chi connectivity index (χ1) is 15.1. The number of anilines is 1. The van der Waals surface area contributed by atoms with Crippen molar-refractivity contribution < 1.29 is 4.52 Å². The smallest absolute Gasteiger partial charge is 0.227 e. The summed E-state index contributed by atoms with van der Waals surface area (Å²) >= 11 is 0. The van der Waals surface area contributed by atoms with Crippen LogP contribution in [0.15, 0.2) is 45.9 Å². The lowest BCUT2D eigenvalue weighted by atomic mass is 10.0. The molecule has 1 fully saturated rings. The Kier molecular flexibility index (Phi) is 4.86. The van der Waals surface area contributed by atoms with Crippen molar-refractivity contribution in [3.05, 3.63) is 53.5 Å². The van der Waals surface area contributed by atoms with Gasteiger partial charge in [-0.3, -0.25) is 9.56 Å². The Labute approximate surface area is 180 Å². The summed E-state index contributed by atoms with van der Waals surface area (Å²) in [7, 11) is 2.01. The lowest BCUT2D eigenvalue weighted by Gasteiger charge is -2.23. The summed E-state index contributed by atoms with van der Waals surface area (Å²) in [6.45, 7) is 2.99. The van der Waals surface area contributed by atoms with Crippen LogP contribution in [0.5, 0.6) is 0 Å². The molecule has 0 spiro atoms. The number of aliphatic imine (C=N–C) groups is 1. The molecule has 0 aliphatic carbocycles. The Morgan fingerprint density at radius 1 is 1.23 bits per heavy atom. The van der Waals surface area contributed by atoms with E-state index in [0.29, 0.717) is 11.3 Å². The fraction of sp³-hybridized carbons (Fsp3) is 0.348. The molecule has 2 unspecified atom stereocenters. The zero-order valence-corrected chi connectivity index (χ0v) is 17.6. The molecule has 2 aromatic heterocycles. The Balaban J connectivity index is 1.43. The summed E-state index contributed by atoms with van der Waals surface area (Å²) in [5, 5.41) is 22.5. The van der Waals surface area contributed by atoms with E-state index in [0.717, 1.165) is 54.4 Å². The van der Waals surface area contributed by atoms with Gasteiger partial charge >= 0.3 is 0 Å². The third-order valence-electron chi connectivity index (χ3n) is 5.93. The van der Waals surface area contributed by atoms with Gasteiger partial charge in [0.2, 0.25) is 5.95 Å². The molecule has 31 heavy (non-hydrogen) atoms. The van der Waals surface area contributed by atoms with Crippen LogP contribution in [-0.2, 0) is 7.05 Å². The molecule has 3 aromatic rings. The van der Waals surface area contributed by atoms with Gasteiger partial charge < -0.3 is 9.42 Å². The number of hydrogen-bond donors (Lipinski definition) is 0. The van der Waals surface area contributed by atoms with Crippen LogP contribution in [0.2, 0.25) is 0 Å². The van der Waals surface area contributed by atoms with Gasteiger partial charge in [-0.15, -0.1) is 10.2 Å². The number of allylic oxidation sites excluding steroid dienone is 1. The number of benzene rings is 1. The maximum absolute atomic E-state index is 9.15. The number of dihydropyridines is 1. The second-order valence-corrected chi connectivity index (χ2v) is 8.09. The van der Waals surface area contributed by atoms with Gasteiger partial charge in [-0.25, -0.2) is 0 Å². The van der Waals surface area contributed by atoms with Gasteiger partial charge in [-0.05, 0) is 44.4 Å². The highest BCUT2D eigenvalue weighted by Gasteiger charge is 2.32. The SMILES string of the molecule is CC1CC(c2nnc(N3CCCC3c3cc(-c4cccc(C#N)c4)on3)n2C)=CC=N1. The summed E-state index contributed by atoms with van der Waals surface area (Å²) < 4.78 is 7.70. The van der Waals surface area contributed by atoms with Crippen LogP contribution in [-0.4, -0.2) is 38.7 Å². The van der Waals surface area contributed by atoms with E-state index in [4.69, 9.17) is 9.78 Å². The fourth-order valence-electron chi connectivity index (χ4n) is 4.37. The van der Waals surface area contributed by atoms with Crippen molar-refractivity contribution >= 4 is 17.7 Å². The Bertz CT molecular complexity index is 1210. The number of nitriles is 1. The molecule has 5 rings (SSSR count). The largest absolute Gasteiger partial charge is 0.356 e. The van der Waals surface area contributed by atoms with Gasteiger partial charge in [0.1, 0.15) is 5.69 Å². The topological polar surface area (TPSA) is 96.1 Å². The highest BCUT2D eigenvalue weighted by molar-refractivity contribution is 5.85. The molecule has 2 atom stereocenters. The second kappa shape index (κ2) is 7.84. The van der Waals surface area contributed by atoms with Crippen molar-refractivity contribution in [2.45, 2.75) is 38.3 Å². The predicted octanol–water partition coefficient (Wildman–Crippen LogP) is 3.93. The molecule has 156 valence electrons. The molecule has 0 amide bonds. The molecule has 8 nitrogen and oxygen atoms in total. The summed E-state index contributed by atoms with van der Waals surface area (Å²) in [6.07, 6.45) is 6.76. The zero-order chi connectivity index (χ0) is 21.4. The van der Waals surface area contributed by atoms with E-state index >= 15 is 0 Å². The van der Waals surface area contributed by atoms with Crippen molar-refractivity contribution in [2.75, 3.05) is 11.4 Å². The van der Waals surface area contributed by atoms with Crippen LogP contribution >= 0.6 is 0 Å². The molecule has 0 radical (unpaired) electrons. The molecule has 0 saturated carbocycles. The van der Waals surface area contributed by atoms with Crippen LogP contribution in [0.4, 0.5) is 5.95 Å². The zero-order valence-electron chi connectivity index (χ0n) is 17.6. The summed E-state index contributed by atoms with van der Waals surface area (Å²) in [5.41, 5.74) is 3.47. The van der Waals surface area contributed by atoms with Crippen molar-refractivity contribution in [3.8, 4) is 17.4 Å². The highest BCUT2D eigenvalue weighted by Crippen LogP contribution is 2.37. The lowest BCUT2D eigenvalue weighted by Crippen LogP contribution is -2.26. The molecule has 2 aliphatic rings. The number of aromatic nitrogens is 4. The molecular weight excluding hydrogens is 390 g/mol. The highest BCUT2D eigenvalue weighted by atomic mass is 16.5. The molecule has 2 aliphatic heterocycles. The van der Waals surface area contributed by atoms with Gasteiger partial charge in [0.15, 0.2) is 11.6 Å². The minimum atomic E-state index is 0.0771. The first-order valence-corrected chi connectivity index (χ1v) is 10.5. The molecule has 8 heteroatoms. The maximum atomic E-state index is 9.15. The van der Waals surface area contributed by atoms with Gasteiger partial charge in [-0.1, -0.05) is 17.3 Å². The number of hydrogen-bond acceptors (Lipinski definition) is 7. The van der Waals surface area contributed by atoms with Gasteiger partial charge in [0.05, 0.1) is 23.7 Å². The fourth-order valence-corrected chi connectivity index (χ4v) is 4.37. The van der Waals surface area contributed by atoms with Crippen LogP contribution < -0.4 is 4.90 Å². The van der Waals surface area contributed by atoms with Crippen LogP contribution in [0.3, 0.4) is 0 Å². The normalized spacial score (nSPS) is 20.7. The Hall–Kier alpha value is -3.73. The van der Waals surface area contributed by atoms with Gasteiger partial charge in [0.25, 0.3) is 0 Å². The van der Waals surface area contributed by atoms with E-state index in [-0.39, 0.29) is 12.1 Å². The van der Waals surface area contributed by atoms with E-state index in [2.05, 4.69) is 42.8 Å². The van der Waals surface area contributed by atoms with E-state index in [9.17, 15) is 0 Å². The summed E-state index contributed by atoms with van der Waals surface area (Å²) in [5.74, 6) is 2.38. The number of rotatable bonds is 4. The average molecular weight is 413 g/mol. The van der Waals surface area contributed by atoms with Crippen molar-refractivity contribution in [2.24, 2.45) is 12.0 Å². The predicted molar refractivity (Wildman–Crippen MR) is 118 cm³/mol. The minimum Gasteiger partial charge on any atom is -0.356 e. The van der Waals surface area contributed by atoms with Crippen molar-refractivity contribution in [1.29, 1.82) is 5.26 Å². The molecular formula is C23H23N7O. The van der Waals surface area contributed by atoms with E-state index in [1.807, 2.05) is 43.6 Å². The van der Waals surface area contributed by atoms with Gasteiger partial charge in [0, 0.05) is 37.0 Å². The van der Waals surface area contributed by atoms with Crippen LogP contribution in [0.25, 0.3) is 16.9 Å². The third kappa shape index (κ3) is 3.52. The summed E-state index contributed by atoms with van der Waals surface area (Å²) in [4.78, 5) is 6.66. The second-order valence-electron chi connectivity index (χ2n) is 8.09. The van der Waals surface area contributed by atoms with E-state index < -0.39 is 0 Å². The molecule has 1 aromatic carbocycles. The first kappa shape index (κ1) is 19.2. The third-order valence-corrected chi connectivity index (χ3v) is 5.93. The lowest BCUT2D eigenvalue weighted by molar-refractivity contribution is 0.416. The quantitative estimate of drug-likeness (QED) is 0.643. The van der Waals surface area contributed by atoms with Crippen molar-refractivity contribution in [3.63, 3.8) is 0 Å². The first-order valence-electron chi connectivity index (χ1n) is 10.5. The van der Waals surface area contributed by atoms with Gasteiger partial charge in [-0.2, -0.15) is 5.26 Å². The molecule has 4 heterocycles. The average Bonchev–Trinajstić information content (AvgIpc) is 3.53. The van der Waals surface area contributed by atoms with Crippen molar-refractivity contribution in [1.82, 2.24) is 19.9 Å². The number of nitrogens with zero attached hydrogens (tertiary/aromatic N) is 7. The standard InChI is InChI=1S/C23H23N7O/c1-15-11-18(8-9-25-15)22-26-27-23(29(22)2)30-10-4-7-20(30)19-13-21(31-28-19)17-6-3-5-16(12-17)14-24/h3,5-6,8-9,12-13,15,20H,4,7,10-11H2,1-2H3. The molecule has 0 bridgehead atoms. The molecule has 1 saturated heterocycles. The monoisotopic (exact) mass is 413 g/mol. The maximum Gasteiger partial charge on any atom is 0.227 e. The van der Waals surface area contributed by atoms with E-state index in [1.54, 1.807) is 6.07 Å². The Morgan fingerprint density at radius 2 is 2.13 bits per heavy atom.